The second-order valence-electron chi connectivity index (χ2n) is 11.4. The Balaban J connectivity index is 1.69. The third kappa shape index (κ3) is 3.47. The number of aryl methyl sites for hydroxylation is 4. The van der Waals surface area contributed by atoms with Gasteiger partial charge >= 0.3 is 0 Å². The molecule has 0 saturated heterocycles. The third-order valence-electron chi connectivity index (χ3n) is 7.64. The van der Waals surface area contributed by atoms with Crippen LogP contribution in [-0.2, 0) is 5.41 Å². The van der Waals surface area contributed by atoms with Gasteiger partial charge in [0.25, 0.3) is 0 Å². The van der Waals surface area contributed by atoms with Crippen LogP contribution in [0.25, 0.3) is 21.5 Å². The maximum atomic E-state index is 6.64. The van der Waals surface area contributed by atoms with Crippen LogP contribution in [0, 0.1) is 27.7 Å². The van der Waals surface area contributed by atoms with Crippen LogP contribution >= 0.6 is 0 Å². The monoisotopic (exact) mass is 471 g/mol. The molecule has 2 nitrogen and oxygen atoms in total. The molecule has 1 aliphatic rings. The Bertz CT molecular complexity index is 1570. The molecule has 0 aliphatic carbocycles. The van der Waals surface area contributed by atoms with Crippen molar-refractivity contribution >= 4 is 38.6 Å². The highest BCUT2D eigenvalue weighted by Crippen LogP contribution is 2.54. The molecule has 0 bridgehead atoms. The van der Waals surface area contributed by atoms with E-state index in [9.17, 15) is 0 Å². The van der Waals surface area contributed by atoms with Gasteiger partial charge in [0.05, 0.1) is 17.1 Å². The lowest BCUT2D eigenvalue weighted by molar-refractivity contribution is 0.478. The summed E-state index contributed by atoms with van der Waals surface area (Å²) in [5, 5.41) is 4.91. The second kappa shape index (κ2) is 7.86. The quantitative estimate of drug-likeness (QED) is 0.236. The van der Waals surface area contributed by atoms with E-state index in [-0.39, 0.29) is 5.41 Å². The summed E-state index contributed by atoms with van der Waals surface area (Å²) in [7, 11) is 0. The van der Waals surface area contributed by atoms with E-state index in [4.69, 9.17) is 4.74 Å². The lowest BCUT2D eigenvalue weighted by Crippen LogP contribution is -2.19. The number of rotatable bonds is 1. The van der Waals surface area contributed by atoms with Gasteiger partial charge in [0.15, 0.2) is 11.5 Å². The van der Waals surface area contributed by atoms with Crippen LogP contribution in [0.2, 0.25) is 0 Å². The van der Waals surface area contributed by atoms with Crippen molar-refractivity contribution in [3.05, 3.63) is 101 Å². The molecule has 0 atom stereocenters. The van der Waals surface area contributed by atoms with Crippen molar-refractivity contribution in [3.63, 3.8) is 0 Å². The number of anilines is 3. The fraction of sp³-hybridized carbons (Fsp3) is 0.235. The molecule has 0 fully saturated rings. The Kier molecular flexibility index (Phi) is 4.95. The zero-order valence-electron chi connectivity index (χ0n) is 22.3. The molecule has 36 heavy (non-hydrogen) atoms. The first-order valence-corrected chi connectivity index (χ1v) is 12.8. The maximum Gasteiger partial charge on any atom is 0.152 e. The highest BCUT2D eigenvalue weighted by Gasteiger charge is 2.30. The van der Waals surface area contributed by atoms with E-state index in [1.54, 1.807) is 0 Å². The molecule has 0 unspecified atom stereocenters. The molecule has 5 aromatic rings. The SMILES string of the molecule is Cc1cc(C(C)(C)C)cc(C)c1N1c2cc3c(C)cccc3cc2Oc2cc3cccc(C)c3cc21. The summed E-state index contributed by atoms with van der Waals surface area (Å²) in [4.78, 5) is 2.43. The van der Waals surface area contributed by atoms with Crippen molar-refractivity contribution in [1.82, 2.24) is 0 Å². The topological polar surface area (TPSA) is 12.5 Å². The molecule has 0 aromatic heterocycles. The summed E-state index contributed by atoms with van der Waals surface area (Å²) < 4.78 is 6.64. The molecule has 0 radical (unpaired) electrons. The normalized spacial score (nSPS) is 13.0. The number of hydrogen-bond donors (Lipinski definition) is 0. The van der Waals surface area contributed by atoms with Crippen LogP contribution in [0.1, 0.15) is 48.6 Å². The molecule has 6 rings (SSSR count). The van der Waals surface area contributed by atoms with Crippen molar-refractivity contribution in [2.24, 2.45) is 0 Å². The molecule has 1 heterocycles. The van der Waals surface area contributed by atoms with Crippen LogP contribution in [-0.4, -0.2) is 0 Å². The minimum absolute atomic E-state index is 0.0928. The Hall–Kier alpha value is -3.78. The van der Waals surface area contributed by atoms with Gasteiger partial charge in [0.1, 0.15) is 0 Å². The van der Waals surface area contributed by atoms with Gasteiger partial charge in [0.2, 0.25) is 0 Å². The van der Waals surface area contributed by atoms with Gasteiger partial charge in [-0.1, -0.05) is 69.3 Å². The Morgan fingerprint density at radius 2 is 1.06 bits per heavy atom. The fourth-order valence-electron chi connectivity index (χ4n) is 5.64. The molecule has 0 amide bonds. The van der Waals surface area contributed by atoms with E-state index in [1.165, 1.54) is 55.0 Å². The van der Waals surface area contributed by atoms with Crippen LogP contribution in [0.3, 0.4) is 0 Å². The third-order valence-corrected chi connectivity index (χ3v) is 7.64. The molecule has 5 aromatic carbocycles. The van der Waals surface area contributed by atoms with Crippen LogP contribution in [0.4, 0.5) is 17.1 Å². The predicted octanol–water partition coefficient (Wildman–Crippen LogP) is 10.1. The molecule has 0 spiro atoms. The van der Waals surface area contributed by atoms with Gasteiger partial charge in [-0.2, -0.15) is 0 Å². The van der Waals surface area contributed by atoms with Gasteiger partial charge in [0, 0.05) is 0 Å². The van der Waals surface area contributed by atoms with Crippen molar-refractivity contribution in [3.8, 4) is 11.5 Å². The maximum absolute atomic E-state index is 6.64. The summed E-state index contributed by atoms with van der Waals surface area (Å²) in [5.74, 6) is 1.79. The van der Waals surface area contributed by atoms with Crippen molar-refractivity contribution in [2.45, 2.75) is 53.9 Å². The van der Waals surface area contributed by atoms with Crippen LogP contribution < -0.4 is 9.64 Å². The summed E-state index contributed by atoms with van der Waals surface area (Å²) >= 11 is 0. The first-order chi connectivity index (χ1) is 17.1. The Morgan fingerprint density at radius 1 is 0.583 bits per heavy atom. The summed E-state index contributed by atoms with van der Waals surface area (Å²) in [6.07, 6.45) is 0. The molecule has 2 heteroatoms. The van der Waals surface area contributed by atoms with Crippen molar-refractivity contribution < 1.29 is 4.74 Å². The van der Waals surface area contributed by atoms with Gasteiger partial charge in [-0.25, -0.2) is 0 Å². The van der Waals surface area contributed by atoms with E-state index in [0.717, 1.165) is 22.9 Å². The second-order valence-corrected chi connectivity index (χ2v) is 11.4. The first-order valence-electron chi connectivity index (χ1n) is 12.8. The highest BCUT2D eigenvalue weighted by atomic mass is 16.5. The summed E-state index contributed by atoms with van der Waals surface area (Å²) in [6, 6.07) is 26.7. The van der Waals surface area contributed by atoms with Crippen molar-refractivity contribution in [1.29, 1.82) is 0 Å². The van der Waals surface area contributed by atoms with Gasteiger partial charge < -0.3 is 9.64 Å². The fourth-order valence-corrected chi connectivity index (χ4v) is 5.64. The molecular weight excluding hydrogens is 438 g/mol. The van der Waals surface area contributed by atoms with Gasteiger partial charge in [-0.05, 0) is 107 Å². The Labute approximate surface area is 214 Å². The van der Waals surface area contributed by atoms with Crippen LogP contribution in [0.5, 0.6) is 11.5 Å². The highest BCUT2D eigenvalue weighted by molar-refractivity contribution is 6.01. The number of benzene rings is 5. The lowest BCUT2D eigenvalue weighted by Gasteiger charge is -2.36. The van der Waals surface area contributed by atoms with E-state index >= 15 is 0 Å². The summed E-state index contributed by atoms with van der Waals surface area (Å²) in [6.45, 7) is 15.7. The molecular formula is C34H33NO. The first kappa shape index (κ1) is 22.7. The molecule has 0 N–H and O–H groups in total. The van der Waals surface area contributed by atoms with E-state index in [1.807, 2.05) is 0 Å². The van der Waals surface area contributed by atoms with E-state index in [2.05, 4.69) is 126 Å². The molecule has 0 saturated carbocycles. The lowest BCUT2D eigenvalue weighted by atomic mass is 9.84. The number of nitrogens with zero attached hydrogens (tertiary/aromatic N) is 1. The smallest absolute Gasteiger partial charge is 0.152 e. The number of ether oxygens (including phenoxy) is 1. The zero-order valence-corrected chi connectivity index (χ0v) is 22.3. The summed E-state index contributed by atoms with van der Waals surface area (Å²) in [5.41, 5.74) is 9.95. The number of hydrogen-bond acceptors (Lipinski definition) is 2. The number of fused-ring (bicyclic) bond motifs is 4. The van der Waals surface area contributed by atoms with Crippen LogP contribution in [0.15, 0.2) is 72.8 Å². The largest absolute Gasteiger partial charge is 0.453 e. The van der Waals surface area contributed by atoms with Crippen molar-refractivity contribution in [2.75, 3.05) is 4.90 Å². The van der Waals surface area contributed by atoms with Gasteiger partial charge in [-0.15, -0.1) is 0 Å². The zero-order chi connectivity index (χ0) is 25.4. The molecule has 1 aliphatic heterocycles. The Morgan fingerprint density at radius 3 is 1.50 bits per heavy atom. The average Bonchev–Trinajstić information content (AvgIpc) is 2.81. The molecule has 180 valence electrons. The minimum Gasteiger partial charge on any atom is -0.453 e. The predicted molar refractivity (Wildman–Crippen MR) is 154 cm³/mol. The average molecular weight is 472 g/mol. The van der Waals surface area contributed by atoms with Gasteiger partial charge in [-0.3, -0.25) is 0 Å². The van der Waals surface area contributed by atoms with E-state index in [0.29, 0.717) is 0 Å². The minimum atomic E-state index is 0.0928. The standard InChI is InChI=1S/C34H33NO/c1-20-10-8-12-24-16-31-29(18-27(20)24)35(33-22(3)14-26(15-23(33)4)34(5,6)7)30-19-28-21(2)11-9-13-25(28)17-32(30)36-31/h8-19H,1-7H3. The van der Waals surface area contributed by atoms with E-state index < -0.39 is 0 Å².